The van der Waals surface area contributed by atoms with Gasteiger partial charge in [-0.3, -0.25) is 0 Å². The Labute approximate surface area is 83.1 Å². The van der Waals surface area contributed by atoms with Crippen molar-refractivity contribution in [2.45, 2.75) is 28.5 Å². The fraction of sp³-hybridized carbons (Fsp3) is 1.00. The van der Waals surface area contributed by atoms with Gasteiger partial charge in [0.15, 0.2) is 6.29 Å². The van der Waals surface area contributed by atoms with E-state index < -0.39 is 35.1 Å². The number of hydrogen-bond donors (Lipinski definition) is 4. The molecular formula is C6H11IO5. The van der Waals surface area contributed by atoms with Crippen LogP contribution in [0.3, 0.4) is 0 Å². The molecule has 1 aliphatic rings. The SMILES string of the molecule is OCC1OC(O)C(I)C(O)[C@H]1O. The van der Waals surface area contributed by atoms with Gasteiger partial charge >= 0.3 is 0 Å². The predicted molar refractivity (Wildman–Crippen MR) is 47.8 cm³/mol. The fourth-order valence-corrected chi connectivity index (χ4v) is 1.66. The molecule has 0 aromatic rings. The van der Waals surface area contributed by atoms with Crippen LogP contribution in [0.4, 0.5) is 0 Å². The van der Waals surface area contributed by atoms with Crippen LogP contribution in [-0.2, 0) is 4.74 Å². The molecule has 0 amide bonds. The van der Waals surface area contributed by atoms with Gasteiger partial charge in [0.2, 0.25) is 0 Å². The first-order chi connectivity index (χ1) is 5.57. The van der Waals surface area contributed by atoms with Crippen molar-refractivity contribution in [3.8, 4) is 0 Å². The van der Waals surface area contributed by atoms with Crippen LogP contribution in [0.1, 0.15) is 0 Å². The fourth-order valence-electron chi connectivity index (χ4n) is 1.06. The standard InChI is InChI=1S/C6H11IO5/c7-3-5(10)4(9)2(1-8)12-6(3)11/h2-6,8-11H,1H2/t2?,3?,4-,5?,6?/m0/s1. The molecule has 0 aromatic carbocycles. The zero-order valence-electron chi connectivity index (χ0n) is 6.17. The molecule has 1 aliphatic heterocycles. The van der Waals surface area contributed by atoms with E-state index in [4.69, 9.17) is 14.9 Å². The Morgan fingerprint density at radius 2 is 1.75 bits per heavy atom. The molecule has 6 heteroatoms. The van der Waals surface area contributed by atoms with Crippen LogP contribution in [0.2, 0.25) is 0 Å². The summed E-state index contributed by atoms with van der Waals surface area (Å²) in [5.41, 5.74) is 0. The van der Waals surface area contributed by atoms with Crippen molar-refractivity contribution in [2.75, 3.05) is 6.61 Å². The quantitative estimate of drug-likeness (QED) is 0.339. The smallest absolute Gasteiger partial charge is 0.169 e. The molecule has 5 nitrogen and oxygen atoms in total. The molecule has 12 heavy (non-hydrogen) atoms. The Morgan fingerprint density at radius 3 is 2.25 bits per heavy atom. The van der Waals surface area contributed by atoms with E-state index in [0.717, 1.165) is 0 Å². The normalized spacial score (nSPS) is 49.2. The maximum absolute atomic E-state index is 9.31. The lowest BCUT2D eigenvalue weighted by atomic mass is 10.0. The molecule has 1 heterocycles. The van der Waals surface area contributed by atoms with Gasteiger partial charge in [-0.2, -0.15) is 0 Å². The molecule has 0 bridgehead atoms. The number of rotatable bonds is 1. The Balaban J connectivity index is 2.63. The Kier molecular flexibility index (Phi) is 3.68. The third kappa shape index (κ3) is 1.88. The van der Waals surface area contributed by atoms with E-state index in [1.165, 1.54) is 0 Å². The van der Waals surface area contributed by atoms with Crippen molar-refractivity contribution in [3.05, 3.63) is 0 Å². The first kappa shape index (κ1) is 10.6. The summed E-state index contributed by atoms with van der Waals surface area (Å²) < 4.78 is 4.25. The van der Waals surface area contributed by atoms with Crippen molar-refractivity contribution in [1.29, 1.82) is 0 Å². The molecule has 1 saturated heterocycles. The highest BCUT2D eigenvalue weighted by Gasteiger charge is 2.41. The number of halogens is 1. The average Bonchev–Trinajstić information content (AvgIpc) is 2.08. The van der Waals surface area contributed by atoms with Crippen LogP contribution in [0.25, 0.3) is 0 Å². The molecular weight excluding hydrogens is 279 g/mol. The predicted octanol–water partition coefficient (Wildman–Crippen LogP) is -1.78. The second-order valence-electron chi connectivity index (χ2n) is 2.67. The third-order valence-corrected chi connectivity index (χ3v) is 3.18. The number of aliphatic hydroxyl groups is 4. The Hall–Kier alpha value is 0.530. The summed E-state index contributed by atoms with van der Waals surface area (Å²) in [6.45, 7) is -0.418. The van der Waals surface area contributed by atoms with Gasteiger partial charge in [0.1, 0.15) is 12.2 Å². The van der Waals surface area contributed by atoms with Gasteiger partial charge in [-0.15, -0.1) is 0 Å². The zero-order chi connectivity index (χ0) is 9.30. The second-order valence-corrected chi connectivity index (χ2v) is 4.11. The molecule has 0 aliphatic carbocycles. The largest absolute Gasteiger partial charge is 0.394 e. The molecule has 0 radical (unpaired) electrons. The minimum Gasteiger partial charge on any atom is -0.394 e. The van der Waals surface area contributed by atoms with E-state index in [1.54, 1.807) is 22.6 Å². The molecule has 0 aromatic heterocycles. The lowest BCUT2D eigenvalue weighted by Crippen LogP contribution is -2.56. The minimum absolute atomic E-state index is 0.418. The number of alkyl halides is 1. The van der Waals surface area contributed by atoms with Crippen molar-refractivity contribution < 1.29 is 25.2 Å². The van der Waals surface area contributed by atoms with E-state index in [0.29, 0.717) is 0 Å². The minimum atomic E-state index is -1.14. The van der Waals surface area contributed by atoms with Gasteiger partial charge in [-0.1, -0.05) is 22.6 Å². The highest BCUT2D eigenvalue weighted by molar-refractivity contribution is 14.1. The first-order valence-electron chi connectivity index (χ1n) is 3.52. The van der Waals surface area contributed by atoms with Gasteiger partial charge in [-0.25, -0.2) is 0 Å². The van der Waals surface area contributed by atoms with Crippen molar-refractivity contribution in [1.82, 2.24) is 0 Å². The van der Waals surface area contributed by atoms with Gasteiger partial charge in [0, 0.05) is 0 Å². The molecule has 4 unspecified atom stereocenters. The van der Waals surface area contributed by atoms with Crippen LogP contribution in [0.15, 0.2) is 0 Å². The molecule has 72 valence electrons. The van der Waals surface area contributed by atoms with Crippen molar-refractivity contribution >= 4 is 22.6 Å². The number of ether oxygens (including phenoxy) is 1. The number of aliphatic hydroxyl groups excluding tert-OH is 4. The average molecular weight is 290 g/mol. The topological polar surface area (TPSA) is 90.2 Å². The summed E-state index contributed by atoms with van der Waals surface area (Å²) in [7, 11) is 0. The number of hydrogen-bond acceptors (Lipinski definition) is 5. The summed E-state index contributed by atoms with van der Waals surface area (Å²) in [6, 6.07) is 0. The summed E-state index contributed by atoms with van der Waals surface area (Å²) in [5, 5.41) is 36.4. The molecule has 1 fully saturated rings. The van der Waals surface area contributed by atoms with Crippen LogP contribution >= 0.6 is 22.6 Å². The van der Waals surface area contributed by atoms with E-state index >= 15 is 0 Å². The second kappa shape index (κ2) is 4.16. The van der Waals surface area contributed by atoms with Crippen LogP contribution in [0.5, 0.6) is 0 Å². The Morgan fingerprint density at radius 1 is 1.17 bits per heavy atom. The molecule has 0 saturated carbocycles. The van der Waals surface area contributed by atoms with Gasteiger partial charge in [0.25, 0.3) is 0 Å². The lowest BCUT2D eigenvalue weighted by molar-refractivity contribution is -0.231. The summed E-state index contributed by atoms with van der Waals surface area (Å²) >= 11 is 1.78. The van der Waals surface area contributed by atoms with Crippen LogP contribution in [-0.4, -0.2) is 55.6 Å². The zero-order valence-corrected chi connectivity index (χ0v) is 8.33. The van der Waals surface area contributed by atoms with Crippen LogP contribution < -0.4 is 0 Å². The third-order valence-electron chi connectivity index (χ3n) is 1.82. The van der Waals surface area contributed by atoms with E-state index in [2.05, 4.69) is 0 Å². The molecule has 5 atom stereocenters. The van der Waals surface area contributed by atoms with E-state index in [9.17, 15) is 10.2 Å². The summed E-state index contributed by atoms with van der Waals surface area (Å²) in [4.78, 5) is 0. The first-order valence-corrected chi connectivity index (χ1v) is 4.77. The highest BCUT2D eigenvalue weighted by atomic mass is 127. The summed E-state index contributed by atoms with van der Waals surface area (Å²) in [6.07, 6.45) is -4.24. The highest BCUT2D eigenvalue weighted by Crippen LogP contribution is 2.24. The van der Waals surface area contributed by atoms with E-state index in [1.807, 2.05) is 0 Å². The maximum atomic E-state index is 9.31. The summed E-state index contributed by atoms with van der Waals surface area (Å²) in [5.74, 6) is 0. The lowest BCUT2D eigenvalue weighted by Gasteiger charge is -2.37. The molecule has 1 rings (SSSR count). The maximum Gasteiger partial charge on any atom is 0.169 e. The van der Waals surface area contributed by atoms with Gasteiger partial charge in [-0.05, 0) is 0 Å². The molecule has 0 spiro atoms. The van der Waals surface area contributed by atoms with E-state index in [-0.39, 0.29) is 0 Å². The van der Waals surface area contributed by atoms with Crippen molar-refractivity contribution in [2.24, 2.45) is 0 Å². The molecule has 4 N–H and O–H groups in total. The Bertz CT molecular complexity index is 150. The van der Waals surface area contributed by atoms with Gasteiger partial charge in [0.05, 0.1) is 16.6 Å². The van der Waals surface area contributed by atoms with Crippen molar-refractivity contribution in [3.63, 3.8) is 0 Å². The van der Waals surface area contributed by atoms with Gasteiger partial charge < -0.3 is 25.2 Å². The van der Waals surface area contributed by atoms with Crippen LogP contribution in [0, 0.1) is 0 Å². The monoisotopic (exact) mass is 290 g/mol.